The van der Waals surface area contributed by atoms with Gasteiger partial charge in [0.25, 0.3) is 0 Å². The third-order valence-electron chi connectivity index (χ3n) is 4.28. The standard InChI is InChI=1S/C18H23N3O3/c1-3-18(4-2,17(22)23)13-20-11-14-5-7-15(8-6-14)24-16-12-19-9-10-21-16/h5-10,12,20H,3-4,11,13H2,1-2H3,(H,22,23). The third kappa shape index (κ3) is 4.52. The first kappa shape index (κ1) is 17.9. The van der Waals surface area contributed by atoms with E-state index >= 15 is 0 Å². The molecule has 0 aliphatic heterocycles. The number of carboxylic acid groups (broad SMARTS) is 1. The van der Waals surface area contributed by atoms with E-state index in [1.807, 2.05) is 38.1 Å². The predicted molar refractivity (Wildman–Crippen MR) is 90.9 cm³/mol. The molecule has 0 radical (unpaired) electrons. The van der Waals surface area contributed by atoms with E-state index in [4.69, 9.17) is 4.74 Å². The molecule has 2 rings (SSSR count). The fraction of sp³-hybridized carbons (Fsp3) is 0.389. The van der Waals surface area contributed by atoms with Crippen molar-refractivity contribution in [3.63, 3.8) is 0 Å². The maximum Gasteiger partial charge on any atom is 0.310 e. The van der Waals surface area contributed by atoms with Gasteiger partial charge in [-0.15, -0.1) is 0 Å². The molecule has 0 atom stereocenters. The van der Waals surface area contributed by atoms with Crippen LogP contribution in [0.4, 0.5) is 0 Å². The highest BCUT2D eigenvalue weighted by Crippen LogP contribution is 2.26. The highest BCUT2D eigenvalue weighted by Gasteiger charge is 2.34. The van der Waals surface area contributed by atoms with Gasteiger partial charge in [-0.1, -0.05) is 26.0 Å². The van der Waals surface area contributed by atoms with Gasteiger partial charge in [-0.3, -0.25) is 9.78 Å². The van der Waals surface area contributed by atoms with Crippen LogP contribution in [0, 0.1) is 5.41 Å². The second-order valence-electron chi connectivity index (χ2n) is 5.69. The average Bonchev–Trinajstić information content (AvgIpc) is 2.61. The van der Waals surface area contributed by atoms with Crippen molar-refractivity contribution in [1.29, 1.82) is 0 Å². The molecule has 6 nitrogen and oxygen atoms in total. The maximum atomic E-state index is 11.5. The number of rotatable bonds is 9. The van der Waals surface area contributed by atoms with Gasteiger partial charge < -0.3 is 15.2 Å². The number of carboxylic acids is 1. The fourth-order valence-corrected chi connectivity index (χ4v) is 2.46. The molecular weight excluding hydrogens is 306 g/mol. The first-order valence-electron chi connectivity index (χ1n) is 8.06. The second-order valence-corrected chi connectivity index (χ2v) is 5.69. The SMILES string of the molecule is CCC(CC)(CNCc1ccc(Oc2cnccn2)cc1)C(=O)O. The average molecular weight is 329 g/mol. The molecule has 128 valence electrons. The molecule has 0 bridgehead atoms. The van der Waals surface area contributed by atoms with Gasteiger partial charge in [0.05, 0.1) is 11.6 Å². The first-order chi connectivity index (χ1) is 11.6. The summed E-state index contributed by atoms with van der Waals surface area (Å²) in [5, 5.41) is 12.7. The zero-order valence-corrected chi connectivity index (χ0v) is 14.0. The van der Waals surface area contributed by atoms with Crippen LogP contribution in [0.1, 0.15) is 32.3 Å². The van der Waals surface area contributed by atoms with Crippen LogP contribution < -0.4 is 10.1 Å². The van der Waals surface area contributed by atoms with E-state index < -0.39 is 11.4 Å². The largest absolute Gasteiger partial charge is 0.481 e. The zero-order chi connectivity index (χ0) is 17.4. The number of nitrogens with zero attached hydrogens (tertiary/aromatic N) is 2. The van der Waals surface area contributed by atoms with E-state index in [1.165, 1.54) is 0 Å². The van der Waals surface area contributed by atoms with Gasteiger partial charge in [-0.2, -0.15) is 0 Å². The predicted octanol–water partition coefficient (Wildman–Crippen LogP) is 3.25. The molecule has 1 heterocycles. The smallest absolute Gasteiger partial charge is 0.310 e. The Hall–Kier alpha value is -2.47. The Morgan fingerprint density at radius 1 is 1.21 bits per heavy atom. The molecule has 0 saturated heterocycles. The molecule has 0 unspecified atom stereocenters. The van der Waals surface area contributed by atoms with Crippen molar-refractivity contribution in [2.45, 2.75) is 33.2 Å². The van der Waals surface area contributed by atoms with E-state index in [1.54, 1.807) is 18.6 Å². The van der Waals surface area contributed by atoms with Crippen LogP contribution in [-0.4, -0.2) is 27.6 Å². The Morgan fingerprint density at radius 2 is 1.92 bits per heavy atom. The summed E-state index contributed by atoms with van der Waals surface area (Å²) in [6, 6.07) is 7.60. The number of ether oxygens (including phenoxy) is 1. The van der Waals surface area contributed by atoms with Crippen molar-refractivity contribution >= 4 is 5.97 Å². The third-order valence-corrected chi connectivity index (χ3v) is 4.28. The molecule has 1 aromatic carbocycles. The minimum Gasteiger partial charge on any atom is -0.481 e. The van der Waals surface area contributed by atoms with Crippen molar-refractivity contribution in [3.05, 3.63) is 48.4 Å². The number of nitrogens with one attached hydrogen (secondary N) is 1. The summed E-state index contributed by atoms with van der Waals surface area (Å²) in [5.41, 5.74) is 0.364. The van der Waals surface area contributed by atoms with Gasteiger partial charge in [0, 0.05) is 25.5 Å². The van der Waals surface area contributed by atoms with Crippen LogP contribution >= 0.6 is 0 Å². The summed E-state index contributed by atoms with van der Waals surface area (Å²) in [4.78, 5) is 19.5. The summed E-state index contributed by atoms with van der Waals surface area (Å²) < 4.78 is 5.59. The van der Waals surface area contributed by atoms with Crippen LogP contribution in [0.5, 0.6) is 11.6 Å². The van der Waals surface area contributed by atoms with E-state index in [9.17, 15) is 9.90 Å². The van der Waals surface area contributed by atoms with Crippen molar-refractivity contribution in [3.8, 4) is 11.6 Å². The van der Waals surface area contributed by atoms with Gasteiger partial charge >= 0.3 is 5.97 Å². The highest BCUT2D eigenvalue weighted by atomic mass is 16.5. The first-order valence-corrected chi connectivity index (χ1v) is 8.06. The van der Waals surface area contributed by atoms with Gasteiger partial charge in [0.1, 0.15) is 5.75 Å². The summed E-state index contributed by atoms with van der Waals surface area (Å²) in [7, 11) is 0. The summed E-state index contributed by atoms with van der Waals surface area (Å²) >= 11 is 0. The molecule has 2 aromatic rings. The Morgan fingerprint density at radius 3 is 2.46 bits per heavy atom. The molecule has 24 heavy (non-hydrogen) atoms. The van der Waals surface area contributed by atoms with Crippen molar-refractivity contribution < 1.29 is 14.6 Å². The van der Waals surface area contributed by atoms with Crippen LogP contribution in [0.25, 0.3) is 0 Å². The fourth-order valence-electron chi connectivity index (χ4n) is 2.46. The van der Waals surface area contributed by atoms with Gasteiger partial charge in [0.15, 0.2) is 0 Å². The van der Waals surface area contributed by atoms with E-state index in [0.29, 0.717) is 37.6 Å². The minimum absolute atomic E-state index is 0.445. The Bertz CT molecular complexity index is 640. The number of aromatic nitrogens is 2. The molecule has 0 fully saturated rings. The summed E-state index contributed by atoms with van der Waals surface area (Å²) in [5.74, 6) is 0.384. The van der Waals surface area contributed by atoms with Crippen LogP contribution in [0.3, 0.4) is 0 Å². The number of benzene rings is 1. The minimum atomic E-state index is -0.743. The lowest BCUT2D eigenvalue weighted by molar-refractivity contribution is -0.149. The Kier molecular flexibility index (Phi) is 6.26. The van der Waals surface area contributed by atoms with Crippen LogP contribution in [0.2, 0.25) is 0 Å². The topological polar surface area (TPSA) is 84.3 Å². The monoisotopic (exact) mass is 329 g/mol. The van der Waals surface area contributed by atoms with Gasteiger partial charge in [-0.25, -0.2) is 4.98 Å². The zero-order valence-electron chi connectivity index (χ0n) is 14.0. The van der Waals surface area contributed by atoms with E-state index in [0.717, 1.165) is 5.56 Å². The van der Waals surface area contributed by atoms with E-state index in [-0.39, 0.29) is 0 Å². The molecule has 6 heteroatoms. The number of hydrogen-bond acceptors (Lipinski definition) is 5. The molecule has 1 aromatic heterocycles. The van der Waals surface area contributed by atoms with Crippen molar-refractivity contribution in [2.75, 3.05) is 6.54 Å². The van der Waals surface area contributed by atoms with Crippen LogP contribution in [-0.2, 0) is 11.3 Å². The van der Waals surface area contributed by atoms with Gasteiger partial charge in [-0.05, 0) is 30.5 Å². The lowest BCUT2D eigenvalue weighted by Crippen LogP contribution is -2.39. The molecule has 0 aliphatic rings. The molecule has 0 spiro atoms. The Balaban J connectivity index is 1.89. The molecular formula is C18H23N3O3. The second kappa shape index (κ2) is 8.40. The number of hydrogen-bond donors (Lipinski definition) is 2. The molecule has 0 amide bonds. The maximum absolute atomic E-state index is 11.5. The normalized spacial score (nSPS) is 11.2. The van der Waals surface area contributed by atoms with Crippen LogP contribution in [0.15, 0.2) is 42.9 Å². The molecule has 0 aliphatic carbocycles. The number of aliphatic carboxylic acids is 1. The van der Waals surface area contributed by atoms with Crippen molar-refractivity contribution in [1.82, 2.24) is 15.3 Å². The highest BCUT2D eigenvalue weighted by molar-refractivity contribution is 5.74. The quantitative estimate of drug-likeness (QED) is 0.734. The van der Waals surface area contributed by atoms with Crippen molar-refractivity contribution in [2.24, 2.45) is 5.41 Å². The lowest BCUT2D eigenvalue weighted by atomic mass is 9.82. The van der Waals surface area contributed by atoms with E-state index in [2.05, 4.69) is 15.3 Å². The summed E-state index contributed by atoms with van der Waals surface area (Å²) in [6.07, 6.45) is 5.93. The lowest BCUT2D eigenvalue weighted by Gasteiger charge is -2.27. The summed E-state index contributed by atoms with van der Waals surface area (Å²) in [6.45, 7) is 4.89. The van der Waals surface area contributed by atoms with Gasteiger partial charge in [0.2, 0.25) is 5.88 Å². The Labute approximate surface area is 141 Å². The number of carbonyl (C=O) groups is 1. The molecule has 0 saturated carbocycles. The molecule has 2 N–H and O–H groups in total.